The maximum atomic E-state index is 13.1. The molecule has 0 heterocycles. The number of unbranched alkanes of at least 4 members (excludes halogenated alkanes) is 28. The summed E-state index contributed by atoms with van der Waals surface area (Å²) in [7, 11) is -4.65. The number of carbonyl (C=O) groups is 3. The molecular formula is C39H76NO8P. The van der Waals surface area contributed by atoms with Crippen LogP contribution in [0.2, 0.25) is 0 Å². The van der Waals surface area contributed by atoms with Crippen LogP contribution in [0.3, 0.4) is 0 Å². The molecule has 0 aliphatic carbocycles. The molecule has 3 N–H and O–H groups in total. The molecule has 0 saturated heterocycles. The van der Waals surface area contributed by atoms with Gasteiger partial charge in [0.15, 0.2) is 0 Å². The summed E-state index contributed by atoms with van der Waals surface area (Å²) in [5.74, 6) is -2.98. The Morgan fingerprint density at radius 2 is 0.735 bits per heavy atom. The standard InChI is InChI=1S/C39H76NO8P/c1-3-5-7-9-11-13-15-17-19-21-23-25-27-29-31-33-37(41)47-49(45,46-35-36(40)39(43)44)48-38(42)34-32-30-28-26-24-22-20-18-16-14-12-10-8-6-4-2/h36H,3-35,40H2,1-2H3,(H,43,44)/t36-/m0/s1. The van der Waals surface area contributed by atoms with E-state index in [2.05, 4.69) is 13.8 Å². The van der Waals surface area contributed by atoms with Crippen molar-refractivity contribution in [3.63, 3.8) is 0 Å². The van der Waals surface area contributed by atoms with Gasteiger partial charge >= 0.3 is 25.7 Å². The Bertz CT molecular complexity index is 788. The van der Waals surface area contributed by atoms with E-state index in [1.807, 2.05) is 0 Å². The van der Waals surface area contributed by atoms with Crippen molar-refractivity contribution in [3.8, 4) is 0 Å². The highest BCUT2D eigenvalue weighted by Gasteiger charge is 2.36. The molecule has 1 atom stereocenters. The van der Waals surface area contributed by atoms with E-state index in [0.717, 1.165) is 38.5 Å². The van der Waals surface area contributed by atoms with E-state index < -0.39 is 38.4 Å². The van der Waals surface area contributed by atoms with Crippen molar-refractivity contribution >= 4 is 25.7 Å². The molecule has 49 heavy (non-hydrogen) atoms. The molecule has 0 aliphatic rings. The molecule has 0 aliphatic heterocycles. The van der Waals surface area contributed by atoms with Crippen LogP contribution >= 0.6 is 7.82 Å². The number of carbonyl (C=O) groups excluding carboxylic acids is 2. The summed E-state index contributed by atoms with van der Waals surface area (Å²) in [5, 5.41) is 9.04. The van der Waals surface area contributed by atoms with Gasteiger partial charge in [-0.2, -0.15) is 0 Å². The highest BCUT2D eigenvalue weighted by molar-refractivity contribution is 7.49. The summed E-state index contributed by atoms with van der Waals surface area (Å²) in [6.07, 6.45) is 35.9. The summed E-state index contributed by atoms with van der Waals surface area (Å²) in [4.78, 5) is 36.0. The van der Waals surface area contributed by atoms with Gasteiger partial charge in [0.25, 0.3) is 0 Å². The third-order valence-electron chi connectivity index (χ3n) is 9.13. The highest BCUT2D eigenvalue weighted by atomic mass is 31.2. The third kappa shape index (κ3) is 33.5. The fourth-order valence-electron chi connectivity index (χ4n) is 5.94. The largest absolute Gasteiger partial charge is 0.592 e. The average Bonchev–Trinajstić information content (AvgIpc) is 3.07. The summed E-state index contributed by atoms with van der Waals surface area (Å²) in [6.45, 7) is 3.78. The fourth-order valence-corrected chi connectivity index (χ4v) is 7.10. The number of carboxylic acids is 1. The SMILES string of the molecule is CCCCCCCCCCCCCCCCCC(=O)OP(=O)(OC[C@H](N)C(=O)O)OC(=O)CCCCCCCCCCCCCCCCC. The Kier molecular flexibility index (Phi) is 34.0. The molecule has 0 fully saturated rings. The Morgan fingerprint density at radius 3 is 0.980 bits per heavy atom. The number of nitrogens with two attached hydrogens (primary N) is 1. The molecule has 0 saturated carbocycles. The zero-order chi connectivity index (χ0) is 36.3. The summed E-state index contributed by atoms with van der Waals surface area (Å²) in [6, 6.07) is -1.50. The van der Waals surface area contributed by atoms with E-state index in [0.29, 0.717) is 12.8 Å². The van der Waals surface area contributed by atoms with Crippen LogP contribution in [0.25, 0.3) is 0 Å². The maximum Gasteiger partial charge on any atom is 0.592 e. The van der Waals surface area contributed by atoms with Crippen LogP contribution in [0.1, 0.15) is 219 Å². The van der Waals surface area contributed by atoms with Gasteiger partial charge in [0.1, 0.15) is 6.04 Å². The van der Waals surface area contributed by atoms with Crippen LogP contribution in [0.15, 0.2) is 0 Å². The zero-order valence-electron chi connectivity index (χ0n) is 31.7. The van der Waals surface area contributed by atoms with Crippen molar-refractivity contribution in [3.05, 3.63) is 0 Å². The van der Waals surface area contributed by atoms with Gasteiger partial charge in [0, 0.05) is 12.8 Å². The lowest BCUT2D eigenvalue weighted by atomic mass is 10.0. The second-order valence-corrected chi connectivity index (χ2v) is 15.5. The second kappa shape index (κ2) is 35.0. The normalized spacial score (nSPS) is 12.2. The summed E-state index contributed by atoms with van der Waals surface area (Å²) >= 11 is 0. The minimum absolute atomic E-state index is 0.00713. The molecule has 0 spiro atoms. The van der Waals surface area contributed by atoms with Gasteiger partial charge in [-0.1, -0.05) is 194 Å². The van der Waals surface area contributed by atoms with E-state index in [4.69, 9.17) is 24.4 Å². The van der Waals surface area contributed by atoms with Gasteiger partial charge < -0.3 is 19.9 Å². The van der Waals surface area contributed by atoms with Crippen molar-refractivity contribution < 1.29 is 37.6 Å². The number of hydrogen-bond donors (Lipinski definition) is 2. The van der Waals surface area contributed by atoms with Crippen LogP contribution in [0.4, 0.5) is 0 Å². The van der Waals surface area contributed by atoms with Crippen LogP contribution in [-0.2, 0) is 32.5 Å². The Labute approximate surface area is 300 Å². The lowest BCUT2D eigenvalue weighted by Crippen LogP contribution is -2.34. The predicted octanol–water partition coefficient (Wildman–Crippen LogP) is 12.1. The molecule has 290 valence electrons. The Balaban J connectivity index is 4.12. The molecule has 0 bridgehead atoms. The summed E-state index contributed by atoms with van der Waals surface area (Å²) in [5.41, 5.74) is 5.46. The molecule has 10 heteroatoms. The van der Waals surface area contributed by atoms with E-state index in [9.17, 15) is 18.9 Å². The van der Waals surface area contributed by atoms with Crippen LogP contribution < -0.4 is 5.73 Å². The minimum Gasteiger partial charge on any atom is -0.480 e. The first-order chi connectivity index (χ1) is 23.7. The zero-order valence-corrected chi connectivity index (χ0v) is 32.6. The molecule has 0 amide bonds. The summed E-state index contributed by atoms with van der Waals surface area (Å²) < 4.78 is 28.1. The van der Waals surface area contributed by atoms with Crippen LogP contribution in [0, 0.1) is 0 Å². The molecule has 0 unspecified atom stereocenters. The van der Waals surface area contributed by atoms with Gasteiger partial charge in [-0.15, -0.1) is 0 Å². The lowest BCUT2D eigenvalue weighted by Gasteiger charge is -2.18. The first-order valence-electron chi connectivity index (χ1n) is 20.4. The first-order valence-corrected chi connectivity index (χ1v) is 21.9. The predicted molar refractivity (Wildman–Crippen MR) is 200 cm³/mol. The molecule has 9 nitrogen and oxygen atoms in total. The van der Waals surface area contributed by atoms with E-state index in [1.54, 1.807) is 0 Å². The molecule has 0 aromatic heterocycles. The van der Waals surface area contributed by atoms with Crippen molar-refractivity contribution in [2.24, 2.45) is 5.73 Å². The van der Waals surface area contributed by atoms with E-state index in [-0.39, 0.29) is 12.8 Å². The number of carboxylic acid groups (broad SMARTS) is 1. The number of phosphoric ester groups is 1. The lowest BCUT2D eigenvalue weighted by molar-refractivity contribution is -0.141. The third-order valence-corrected chi connectivity index (χ3v) is 10.4. The van der Waals surface area contributed by atoms with Crippen molar-refractivity contribution in [2.75, 3.05) is 6.61 Å². The van der Waals surface area contributed by atoms with Crippen molar-refractivity contribution in [1.82, 2.24) is 0 Å². The minimum atomic E-state index is -4.65. The van der Waals surface area contributed by atoms with E-state index in [1.165, 1.54) is 141 Å². The first kappa shape index (κ1) is 47.6. The Morgan fingerprint density at radius 1 is 0.490 bits per heavy atom. The molecule has 0 radical (unpaired) electrons. The quantitative estimate of drug-likeness (QED) is 0.0471. The average molecular weight is 718 g/mol. The Hall–Kier alpha value is -1.44. The van der Waals surface area contributed by atoms with Crippen LogP contribution in [-0.4, -0.2) is 35.7 Å². The number of aliphatic carboxylic acids is 1. The maximum absolute atomic E-state index is 13.1. The van der Waals surface area contributed by atoms with Crippen molar-refractivity contribution in [1.29, 1.82) is 0 Å². The second-order valence-electron chi connectivity index (χ2n) is 14.0. The smallest absolute Gasteiger partial charge is 0.480 e. The monoisotopic (exact) mass is 718 g/mol. The van der Waals surface area contributed by atoms with Gasteiger partial charge in [0.05, 0.1) is 6.61 Å². The van der Waals surface area contributed by atoms with Gasteiger partial charge in [-0.25, -0.2) is 4.57 Å². The number of rotatable bonds is 38. The van der Waals surface area contributed by atoms with E-state index >= 15 is 0 Å². The van der Waals surface area contributed by atoms with Gasteiger partial charge in [-0.05, 0) is 12.8 Å². The van der Waals surface area contributed by atoms with Crippen LogP contribution in [0.5, 0.6) is 0 Å². The molecular weight excluding hydrogens is 641 g/mol. The topological polar surface area (TPSA) is 142 Å². The molecule has 0 aromatic carbocycles. The molecule has 0 rings (SSSR count). The highest BCUT2D eigenvalue weighted by Crippen LogP contribution is 2.50. The molecule has 0 aromatic rings. The van der Waals surface area contributed by atoms with Gasteiger partial charge in [0.2, 0.25) is 0 Å². The van der Waals surface area contributed by atoms with Crippen molar-refractivity contribution in [2.45, 2.75) is 225 Å². The number of phosphoric acid groups is 1. The van der Waals surface area contributed by atoms with Gasteiger partial charge in [-0.3, -0.25) is 18.9 Å². The fraction of sp³-hybridized carbons (Fsp3) is 0.923. The number of hydrogen-bond acceptors (Lipinski definition) is 8.